The average Bonchev–Trinajstić information content (AvgIpc) is 2.25. The van der Waals surface area contributed by atoms with Gasteiger partial charge < -0.3 is 15.4 Å². The van der Waals surface area contributed by atoms with Crippen LogP contribution < -0.4 is 15.4 Å². The van der Waals surface area contributed by atoms with E-state index in [9.17, 15) is 4.79 Å². The molecule has 0 aromatic heterocycles. The van der Waals surface area contributed by atoms with Gasteiger partial charge >= 0.3 is 0 Å². The molecule has 1 aromatic carbocycles. The lowest BCUT2D eigenvalue weighted by molar-refractivity contribution is -0.120. The van der Waals surface area contributed by atoms with Gasteiger partial charge in [-0.3, -0.25) is 4.79 Å². The molecule has 0 bridgehead atoms. The van der Waals surface area contributed by atoms with Crippen LogP contribution in [0.15, 0.2) is 22.7 Å². The first kappa shape index (κ1) is 14.8. The highest BCUT2D eigenvalue weighted by Gasteiger charge is 2.13. The van der Waals surface area contributed by atoms with Gasteiger partial charge in [-0.25, -0.2) is 0 Å². The molecule has 0 unspecified atom stereocenters. The van der Waals surface area contributed by atoms with Crippen LogP contribution >= 0.6 is 15.9 Å². The van der Waals surface area contributed by atoms with Crippen molar-refractivity contribution in [1.29, 1.82) is 0 Å². The smallest absolute Gasteiger partial charge is 0.239 e. The number of rotatable bonds is 4. The van der Waals surface area contributed by atoms with Crippen LogP contribution in [-0.2, 0) is 4.79 Å². The summed E-state index contributed by atoms with van der Waals surface area (Å²) in [5, 5.41) is 5.94. The minimum atomic E-state index is -0.212. The summed E-state index contributed by atoms with van der Waals surface area (Å²) < 4.78 is 6.07. The van der Waals surface area contributed by atoms with E-state index in [2.05, 4.69) is 26.6 Å². The second kappa shape index (κ2) is 6.09. The zero-order valence-electron chi connectivity index (χ0n) is 11.1. The van der Waals surface area contributed by atoms with Crippen molar-refractivity contribution < 1.29 is 9.53 Å². The Kier molecular flexibility index (Phi) is 5.02. The van der Waals surface area contributed by atoms with E-state index in [1.807, 2.05) is 39.0 Å². The predicted octanol–water partition coefficient (Wildman–Crippen LogP) is 2.78. The summed E-state index contributed by atoms with van der Waals surface area (Å²) in [6.07, 6.45) is 0. The summed E-state index contributed by atoms with van der Waals surface area (Å²) in [6.45, 7) is 6.09. The Morgan fingerprint density at radius 2 is 2.06 bits per heavy atom. The molecule has 0 aliphatic heterocycles. The molecule has 0 aliphatic carbocycles. The third-order valence-corrected chi connectivity index (χ3v) is 2.77. The van der Waals surface area contributed by atoms with E-state index in [0.717, 1.165) is 15.9 Å². The van der Waals surface area contributed by atoms with Gasteiger partial charge in [-0.1, -0.05) is 0 Å². The molecule has 1 aromatic rings. The average molecular weight is 315 g/mol. The summed E-state index contributed by atoms with van der Waals surface area (Å²) in [7, 11) is 1.61. The zero-order chi connectivity index (χ0) is 13.8. The molecule has 18 heavy (non-hydrogen) atoms. The molecule has 0 radical (unpaired) electrons. The highest BCUT2D eigenvalue weighted by Crippen LogP contribution is 2.27. The molecule has 0 spiro atoms. The maximum atomic E-state index is 11.6. The molecular weight excluding hydrogens is 296 g/mol. The fourth-order valence-corrected chi connectivity index (χ4v) is 1.82. The van der Waals surface area contributed by atoms with E-state index in [0.29, 0.717) is 0 Å². The summed E-state index contributed by atoms with van der Waals surface area (Å²) in [4.78, 5) is 11.6. The second-order valence-corrected chi connectivity index (χ2v) is 5.86. The number of halogens is 1. The zero-order valence-corrected chi connectivity index (χ0v) is 12.7. The normalized spacial score (nSPS) is 10.9. The number of hydrogen-bond acceptors (Lipinski definition) is 3. The third-order valence-electron chi connectivity index (χ3n) is 2.12. The van der Waals surface area contributed by atoms with Crippen LogP contribution in [0.2, 0.25) is 0 Å². The molecule has 100 valence electrons. The molecule has 0 atom stereocenters. The predicted molar refractivity (Wildman–Crippen MR) is 77.1 cm³/mol. The highest BCUT2D eigenvalue weighted by molar-refractivity contribution is 9.10. The van der Waals surface area contributed by atoms with E-state index in [4.69, 9.17) is 4.74 Å². The van der Waals surface area contributed by atoms with Crippen molar-refractivity contribution in [3.8, 4) is 5.75 Å². The Hall–Kier alpha value is -1.23. The van der Waals surface area contributed by atoms with Crippen LogP contribution in [0.4, 0.5) is 5.69 Å². The van der Waals surface area contributed by atoms with Crippen molar-refractivity contribution in [3.63, 3.8) is 0 Å². The maximum absolute atomic E-state index is 11.6. The maximum Gasteiger partial charge on any atom is 0.239 e. The first-order valence-corrected chi connectivity index (χ1v) is 6.49. The number of methoxy groups -OCH3 is 1. The molecule has 0 aliphatic rings. The number of carbonyl (C=O) groups is 1. The summed E-state index contributed by atoms with van der Waals surface area (Å²) in [5.74, 6) is 0.695. The van der Waals surface area contributed by atoms with Gasteiger partial charge in [-0.05, 0) is 48.8 Å². The fraction of sp³-hybridized carbons (Fsp3) is 0.462. The van der Waals surface area contributed by atoms with E-state index in [1.54, 1.807) is 7.11 Å². The van der Waals surface area contributed by atoms with Gasteiger partial charge in [0.1, 0.15) is 5.75 Å². The summed E-state index contributed by atoms with van der Waals surface area (Å²) >= 11 is 3.38. The molecule has 1 amide bonds. The molecule has 0 heterocycles. The lowest BCUT2D eigenvalue weighted by Gasteiger charge is -2.20. The first-order valence-electron chi connectivity index (χ1n) is 5.70. The Morgan fingerprint density at radius 1 is 1.39 bits per heavy atom. The SMILES string of the molecule is COc1cc(NCC(=O)NC(C)(C)C)ccc1Br. The van der Waals surface area contributed by atoms with Crippen molar-refractivity contribution in [2.45, 2.75) is 26.3 Å². The number of hydrogen-bond donors (Lipinski definition) is 2. The Bertz CT molecular complexity index is 427. The van der Waals surface area contributed by atoms with Gasteiger partial charge in [0.25, 0.3) is 0 Å². The van der Waals surface area contributed by atoms with E-state index in [1.165, 1.54) is 0 Å². The quantitative estimate of drug-likeness (QED) is 0.898. The van der Waals surface area contributed by atoms with E-state index >= 15 is 0 Å². The molecule has 5 heteroatoms. The number of benzene rings is 1. The van der Waals surface area contributed by atoms with Crippen LogP contribution in [0.25, 0.3) is 0 Å². The third kappa shape index (κ3) is 4.96. The van der Waals surface area contributed by atoms with E-state index < -0.39 is 0 Å². The van der Waals surface area contributed by atoms with Crippen molar-refractivity contribution in [2.24, 2.45) is 0 Å². The molecule has 0 fully saturated rings. The lowest BCUT2D eigenvalue weighted by atomic mass is 10.1. The van der Waals surface area contributed by atoms with Gasteiger partial charge in [-0.15, -0.1) is 0 Å². The molecular formula is C13H19BrN2O2. The van der Waals surface area contributed by atoms with Gasteiger partial charge in [0, 0.05) is 17.3 Å². The minimum Gasteiger partial charge on any atom is -0.495 e. The topological polar surface area (TPSA) is 50.4 Å². The monoisotopic (exact) mass is 314 g/mol. The first-order chi connectivity index (χ1) is 8.31. The van der Waals surface area contributed by atoms with Crippen molar-refractivity contribution in [1.82, 2.24) is 5.32 Å². The van der Waals surface area contributed by atoms with Crippen LogP contribution in [0.3, 0.4) is 0 Å². The van der Waals surface area contributed by atoms with Crippen LogP contribution in [-0.4, -0.2) is 25.1 Å². The van der Waals surface area contributed by atoms with Gasteiger partial charge in [-0.2, -0.15) is 0 Å². The largest absolute Gasteiger partial charge is 0.495 e. The Balaban J connectivity index is 2.56. The molecule has 2 N–H and O–H groups in total. The summed E-state index contributed by atoms with van der Waals surface area (Å²) in [6, 6.07) is 5.61. The standard InChI is InChI=1S/C13H19BrN2O2/c1-13(2,3)16-12(17)8-15-9-5-6-10(14)11(7-9)18-4/h5-7,15H,8H2,1-4H3,(H,16,17). The second-order valence-electron chi connectivity index (χ2n) is 5.00. The Morgan fingerprint density at radius 3 is 2.61 bits per heavy atom. The molecule has 0 saturated heterocycles. The van der Waals surface area contributed by atoms with Gasteiger partial charge in [0.05, 0.1) is 18.1 Å². The fourth-order valence-electron chi connectivity index (χ4n) is 1.41. The van der Waals surface area contributed by atoms with Crippen molar-refractivity contribution >= 4 is 27.5 Å². The lowest BCUT2D eigenvalue weighted by Crippen LogP contribution is -2.43. The van der Waals surface area contributed by atoms with Crippen molar-refractivity contribution in [3.05, 3.63) is 22.7 Å². The van der Waals surface area contributed by atoms with Crippen LogP contribution in [0.1, 0.15) is 20.8 Å². The van der Waals surface area contributed by atoms with Gasteiger partial charge in [0.15, 0.2) is 0 Å². The number of carbonyl (C=O) groups excluding carboxylic acids is 1. The van der Waals surface area contributed by atoms with E-state index in [-0.39, 0.29) is 18.0 Å². The van der Waals surface area contributed by atoms with Crippen molar-refractivity contribution in [2.75, 3.05) is 19.0 Å². The number of amides is 1. The number of nitrogens with one attached hydrogen (secondary N) is 2. The Labute approximate surface area is 116 Å². The minimum absolute atomic E-state index is 0.0376. The summed E-state index contributed by atoms with van der Waals surface area (Å²) in [5.41, 5.74) is 0.634. The number of anilines is 1. The van der Waals surface area contributed by atoms with Crippen LogP contribution in [0.5, 0.6) is 5.75 Å². The molecule has 1 rings (SSSR count). The van der Waals surface area contributed by atoms with Crippen LogP contribution in [0, 0.1) is 0 Å². The molecule has 4 nitrogen and oxygen atoms in total. The highest BCUT2D eigenvalue weighted by atomic mass is 79.9. The van der Waals surface area contributed by atoms with Gasteiger partial charge in [0.2, 0.25) is 5.91 Å². The number of ether oxygens (including phenoxy) is 1. The molecule has 0 saturated carbocycles.